The molecule has 1 N–H and O–H groups in total. The van der Waals surface area contributed by atoms with Crippen LogP contribution in [0.1, 0.15) is 63.9 Å². The lowest BCUT2D eigenvalue weighted by Gasteiger charge is -2.40. The largest absolute Gasteiger partial charge is 0.378 e. The molecule has 3 fully saturated rings. The van der Waals surface area contributed by atoms with Gasteiger partial charge in [0.2, 0.25) is 0 Å². The number of piperidine rings is 1. The van der Waals surface area contributed by atoms with Crippen molar-refractivity contribution in [2.75, 3.05) is 44.7 Å². The van der Waals surface area contributed by atoms with Gasteiger partial charge in [-0.2, -0.15) is 22.5 Å². The van der Waals surface area contributed by atoms with Crippen LogP contribution in [0.4, 0.5) is 10.2 Å². The maximum atomic E-state index is 13.7. The van der Waals surface area contributed by atoms with Crippen molar-refractivity contribution in [3.05, 3.63) is 54.0 Å². The van der Waals surface area contributed by atoms with Gasteiger partial charge >= 0.3 is 0 Å². The van der Waals surface area contributed by atoms with Crippen molar-refractivity contribution >= 4 is 16.0 Å². The molecule has 1 aromatic heterocycles. The summed E-state index contributed by atoms with van der Waals surface area (Å²) in [5.74, 6) is 0.938. The minimum Gasteiger partial charge on any atom is -0.378 e. The third-order valence-electron chi connectivity index (χ3n) is 9.31. The van der Waals surface area contributed by atoms with Crippen LogP contribution in [-0.2, 0) is 14.9 Å². The second-order valence-corrected chi connectivity index (χ2v) is 13.9. The first-order valence-electron chi connectivity index (χ1n) is 15.1. The minimum atomic E-state index is -3.63. The first-order chi connectivity index (χ1) is 19.7. The van der Waals surface area contributed by atoms with Gasteiger partial charge in [0.25, 0.3) is 10.2 Å². The highest BCUT2D eigenvalue weighted by atomic mass is 32.2. The second kappa shape index (κ2) is 13.4. The summed E-state index contributed by atoms with van der Waals surface area (Å²) in [6.45, 7) is 7.13. The van der Waals surface area contributed by atoms with Crippen molar-refractivity contribution < 1.29 is 17.5 Å². The molecule has 3 atom stereocenters. The average molecular weight is 589 g/mol. The Morgan fingerprint density at radius 3 is 2.59 bits per heavy atom. The molecule has 11 heteroatoms. The van der Waals surface area contributed by atoms with E-state index in [4.69, 9.17) is 4.74 Å². The van der Waals surface area contributed by atoms with Crippen molar-refractivity contribution in [3.63, 3.8) is 0 Å². The number of rotatable bonds is 10. The Balaban J connectivity index is 1.21. The Kier molecular flexibility index (Phi) is 9.91. The lowest BCUT2D eigenvalue weighted by molar-refractivity contribution is -0.00226. The number of hydrogen-bond donors (Lipinski definition) is 1. The van der Waals surface area contributed by atoms with Crippen LogP contribution in [0.5, 0.6) is 0 Å². The first kappa shape index (κ1) is 30.3. The SMILES string of the molecule is CC(C)N(C)[C@H]1CCN(S(=O)(=O)N[C@H]2CCN(c3cccnn3)C[C@H]2CO[C@H]2CC[C@@H](c3cccc(F)c3)CC2)C1. The van der Waals surface area contributed by atoms with Gasteiger partial charge in [0.1, 0.15) is 5.82 Å². The molecule has 3 heterocycles. The summed E-state index contributed by atoms with van der Waals surface area (Å²) >= 11 is 0. The Morgan fingerprint density at radius 1 is 1.07 bits per heavy atom. The molecule has 0 spiro atoms. The summed E-state index contributed by atoms with van der Waals surface area (Å²) in [6.07, 6.45) is 7.03. The summed E-state index contributed by atoms with van der Waals surface area (Å²) in [5, 5.41) is 8.33. The normalized spacial score (nSPS) is 28.0. The van der Waals surface area contributed by atoms with E-state index in [1.54, 1.807) is 22.6 Å². The molecule has 41 heavy (non-hydrogen) atoms. The predicted molar refractivity (Wildman–Crippen MR) is 158 cm³/mol. The van der Waals surface area contributed by atoms with E-state index in [1.165, 1.54) is 6.07 Å². The van der Waals surface area contributed by atoms with Crippen molar-refractivity contribution in [1.82, 2.24) is 24.1 Å². The Bertz CT molecular complexity index is 1230. The maximum absolute atomic E-state index is 13.7. The number of hydrogen-bond acceptors (Lipinski definition) is 7. The summed E-state index contributed by atoms with van der Waals surface area (Å²) in [5.41, 5.74) is 1.06. The highest BCUT2D eigenvalue weighted by Gasteiger charge is 2.39. The summed E-state index contributed by atoms with van der Waals surface area (Å²) in [6, 6.07) is 11.1. The summed E-state index contributed by atoms with van der Waals surface area (Å²) < 4.78 is 51.9. The third-order valence-corrected chi connectivity index (χ3v) is 10.9. The number of halogens is 1. The zero-order chi connectivity index (χ0) is 29.0. The Labute approximate surface area is 244 Å². The van der Waals surface area contributed by atoms with E-state index in [2.05, 4.69) is 45.6 Å². The van der Waals surface area contributed by atoms with Crippen molar-refractivity contribution in [1.29, 1.82) is 0 Å². The predicted octanol–water partition coefficient (Wildman–Crippen LogP) is 3.80. The lowest BCUT2D eigenvalue weighted by atomic mass is 9.82. The van der Waals surface area contributed by atoms with Gasteiger partial charge in [0, 0.05) is 56.4 Å². The van der Waals surface area contributed by atoms with Crippen molar-refractivity contribution in [2.45, 2.75) is 82.5 Å². The van der Waals surface area contributed by atoms with E-state index in [0.717, 1.165) is 43.5 Å². The number of anilines is 1. The molecule has 5 rings (SSSR count). The zero-order valence-electron chi connectivity index (χ0n) is 24.5. The van der Waals surface area contributed by atoms with Crippen LogP contribution >= 0.6 is 0 Å². The number of benzene rings is 1. The molecule has 3 aliphatic rings. The average Bonchev–Trinajstić information content (AvgIpc) is 3.48. The van der Waals surface area contributed by atoms with E-state index in [1.807, 2.05) is 18.2 Å². The molecule has 1 aromatic carbocycles. The molecule has 0 radical (unpaired) electrons. The van der Waals surface area contributed by atoms with E-state index in [9.17, 15) is 12.8 Å². The second-order valence-electron chi connectivity index (χ2n) is 12.2. The number of likely N-dealkylation sites (N-methyl/N-ethyl adjacent to an activating group) is 1. The van der Waals surface area contributed by atoms with Gasteiger partial charge in [-0.05, 0) is 95.2 Å². The van der Waals surface area contributed by atoms with Crippen LogP contribution < -0.4 is 9.62 Å². The van der Waals surface area contributed by atoms with Gasteiger partial charge in [-0.15, -0.1) is 5.10 Å². The number of aromatic nitrogens is 2. The molecule has 0 amide bonds. The fourth-order valence-corrected chi connectivity index (χ4v) is 8.11. The first-order valence-corrected chi connectivity index (χ1v) is 16.5. The molecule has 2 saturated heterocycles. The van der Waals surface area contributed by atoms with E-state index < -0.39 is 10.2 Å². The number of ether oxygens (including phenoxy) is 1. The van der Waals surface area contributed by atoms with E-state index >= 15 is 0 Å². The van der Waals surface area contributed by atoms with Gasteiger partial charge < -0.3 is 9.64 Å². The maximum Gasteiger partial charge on any atom is 0.279 e. The van der Waals surface area contributed by atoms with Gasteiger partial charge in [-0.25, -0.2) is 4.39 Å². The zero-order valence-corrected chi connectivity index (χ0v) is 25.3. The number of nitrogens with zero attached hydrogens (tertiary/aromatic N) is 5. The minimum absolute atomic E-state index is 0.0294. The summed E-state index contributed by atoms with van der Waals surface area (Å²) in [7, 11) is -1.56. The van der Waals surface area contributed by atoms with Crippen molar-refractivity contribution in [2.24, 2.45) is 5.92 Å². The molecule has 226 valence electrons. The molecule has 2 aromatic rings. The van der Waals surface area contributed by atoms with E-state index in [-0.39, 0.29) is 29.9 Å². The monoisotopic (exact) mass is 588 g/mol. The Hall–Kier alpha value is -2.18. The molecular formula is C30H45FN6O3S. The fourth-order valence-electron chi connectivity index (χ4n) is 6.56. The van der Waals surface area contributed by atoms with Crippen LogP contribution in [-0.4, -0.2) is 91.9 Å². The molecule has 1 aliphatic carbocycles. The smallest absolute Gasteiger partial charge is 0.279 e. The van der Waals surface area contributed by atoms with Crippen LogP contribution in [0.15, 0.2) is 42.6 Å². The molecule has 2 aliphatic heterocycles. The van der Waals surface area contributed by atoms with Crippen LogP contribution in [0.3, 0.4) is 0 Å². The molecule has 0 unspecified atom stereocenters. The molecular weight excluding hydrogens is 543 g/mol. The third kappa shape index (κ3) is 7.62. The van der Waals surface area contributed by atoms with Crippen LogP contribution in [0.2, 0.25) is 0 Å². The standard InChI is InChI=1S/C30H45FN6O3S/c1-22(2)35(3)27-13-17-37(20-27)41(38,39)34-29-14-16-36(30-8-5-15-32-33-30)19-25(29)21-40-28-11-9-23(10-12-28)24-6-4-7-26(31)18-24/h4-8,15,18,22-23,25,27-29,34H,9-14,16-17,19-21H2,1-3H3/t23-,25-,27-,28+,29-/m0/s1. The molecule has 1 saturated carbocycles. The topological polar surface area (TPSA) is 90.9 Å². The van der Waals surface area contributed by atoms with Crippen LogP contribution in [0, 0.1) is 11.7 Å². The lowest BCUT2D eigenvalue weighted by Crippen LogP contribution is -2.55. The quantitative estimate of drug-likeness (QED) is 0.452. The molecule has 0 bridgehead atoms. The van der Waals surface area contributed by atoms with Crippen LogP contribution in [0.25, 0.3) is 0 Å². The summed E-state index contributed by atoms with van der Waals surface area (Å²) in [4.78, 5) is 4.44. The van der Waals surface area contributed by atoms with E-state index in [0.29, 0.717) is 51.2 Å². The Morgan fingerprint density at radius 2 is 1.88 bits per heavy atom. The molecule has 9 nitrogen and oxygen atoms in total. The highest BCUT2D eigenvalue weighted by molar-refractivity contribution is 7.87. The van der Waals surface area contributed by atoms with Gasteiger partial charge in [-0.3, -0.25) is 4.90 Å². The van der Waals surface area contributed by atoms with Gasteiger partial charge in [0.05, 0.1) is 12.7 Å². The highest BCUT2D eigenvalue weighted by Crippen LogP contribution is 2.35. The number of nitrogens with one attached hydrogen (secondary N) is 1. The van der Waals surface area contributed by atoms with Crippen molar-refractivity contribution in [3.8, 4) is 0 Å². The van der Waals surface area contributed by atoms with Gasteiger partial charge in [0.15, 0.2) is 5.82 Å². The fraction of sp³-hybridized carbons (Fsp3) is 0.667. The van der Waals surface area contributed by atoms with Gasteiger partial charge in [-0.1, -0.05) is 12.1 Å².